The van der Waals surface area contributed by atoms with Gasteiger partial charge in [-0.05, 0) is 18.6 Å². The average molecular weight is 236 g/mol. The Kier molecular flexibility index (Phi) is 7.63. The summed E-state index contributed by atoms with van der Waals surface area (Å²) in [5.41, 5.74) is 13.7. The van der Waals surface area contributed by atoms with Gasteiger partial charge in [-0.3, -0.25) is 0 Å². The fourth-order valence-electron chi connectivity index (χ4n) is 1.29. The first-order valence-corrected chi connectivity index (χ1v) is 5.98. The second-order valence-electron chi connectivity index (χ2n) is 3.45. The van der Waals surface area contributed by atoms with Crippen LogP contribution < -0.4 is 17.3 Å². The molecule has 0 aliphatic heterocycles. The predicted molar refractivity (Wildman–Crippen MR) is 75.6 cm³/mol. The highest BCUT2D eigenvalue weighted by Crippen LogP contribution is 2.12. The molecule has 0 heterocycles. The standard InChI is InChI=1S/C11H18N4.C2H6/c1-2-6-15(14)8-11(13)9-4-3-5-10(12)7-9;1-2/h3-5,7-8H,2,6,12-14H2,1H3;1-2H3/b11-8-;. The Morgan fingerprint density at radius 3 is 2.53 bits per heavy atom. The molecule has 0 aliphatic carbocycles. The van der Waals surface area contributed by atoms with Crippen LogP contribution in [0.25, 0.3) is 5.70 Å². The molecule has 0 atom stereocenters. The van der Waals surface area contributed by atoms with E-state index in [9.17, 15) is 0 Å². The lowest BCUT2D eigenvalue weighted by molar-refractivity contribution is 0.394. The number of rotatable bonds is 4. The molecule has 0 aromatic heterocycles. The molecule has 0 bridgehead atoms. The third-order valence-corrected chi connectivity index (χ3v) is 2.01. The Bertz CT molecular complexity index is 347. The minimum atomic E-state index is 0.623. The van der Waals surface area contributed by atoms with E-state index in [1.807, 2.05) is 38.1 Å². The Labute approximate surface area is 104 Å². The van der Waals surface area contributed by atoms with Gasteiger partial charge in [0, 0.05) is 24.0 Å². The van der Waals surface area contributed by atoms with Gasteiger partial charge < -0.3 is 16.5 Å². The summed E-state index contributed by atoms with van der Waals surface area (Å²) in [6, 6.07) is 7.42. The molecule has 4 heteroatoms. The highest BCUT2D eigenvalue weighted by atomic mass is 15.4. The van der Waals surface area contributed by atoms with Crippen LogP contribution in [0.15, 0.2) is 30.5 Å². The second kappa shape index (κ2) is 8.47. The predicted octanol–water partition coefficient (Wildman–Crippen LogP) is 2.14. The lowest BCUT2D eigenvalue weighted by Gasteiger charge is -2.13. The summed E-state index contributed by atoms with van der Waals surface area (Å²) in [4.78, 5) is 0. The molecule has 0 aliphatic rings. The maximum atomic E-state index is 5.88. The average Bonchev–Trinajstić information content (AvgIpc) is 2.32. The molecule has 1 aromatic carbocycles. The van der Waals surface area contributed by atoms with Crippen molar-refractivity contribution in [3.63, 3.8) is 0 Å². The quantitative estimate of drug-likeness (QED) is 0.425. The first-order valence-electron chi connectivity index (χ1n) is 5.98. The van der Waals surface area contributed by atoms with E-state index in [0.717, 1.165) is 18.5 Å². The lowest BCUT2D eigenvalue weighted by atomic mass is 10.1. The minimum absolute atomic E-state index is 0.623. The van der Waals surface area contributed by atoms with E-state index in [4.69, 9.17) is 17.3 Å². The van der Waals surface area contributed by atoms with E-state index < -0.39 is 0 Å². The zero-order valence-electron chi connectivity index (χ0n) is 11.0. The largest absolute Gasteiger partial charge is 0.399 e. The van der Waals surface area contributed by atoms with Gasteiger partial charge in [0.2, 0.25) is 0 Å². The van der Waals surface area contributed by atoms with Crippen LogP contribution in [-0.2, 0) is 0 Å². The topological polar surface area (TPSA) is 81.3 Å². The number of hydrogen-bond donors (Lipinski definition) is 3. The molecule has 0 unspecified atom stereocenters. The van der Waals surface area contributed by atoms with Crippen molar-refractivity contribution >= 4 is 11.4 Å². The van der Waals surface area contributed by atoms with Crippen molar-refractivity contribution in [2.75, 3.05) is 12.3 Å². The Hall–Kier alpha value is -1.68. The van der Waals surface area contributed by atoms with E-state index in [1.54, 1.807) is 11.2 Å². The highest BCUT2D eigenvalue weighted by Gasteiger charge is 1.98. The second-order valence-corrected chi connectivity index (χ2v) is 3.45. The first kappa shape index (κ1) is 15.3. The molecule has 0 fully saturated rings. The molecule has 0 saturated heterocycles. The summed E-state index contributed by atoms with van der Waals surface area (Å²) in [5.74, 6) is 5.71. The van der Waals surface area contributed by atoms with Crippen molar-refractivity contribution in [3.05, 3.63) is 36.0 Å². The zero-order valence-corrected chi connectivity index (χ0v) is 11.0. The molecule has 0 saturated carbocycles. The van der Waals surface area contributed by atoms with Crippen molar-refractivity contribution in [1.82, 2.24) is 5.01 Å². The van der Waals surface area contributed by atoms with Crippen LogP contribution in [0, 0.1) is 0 Å². The summed E-state index contributed by atoms with van der Waals surface area (Å²) < 4.78 is 0. The van der Waals surface area contributed by atoms with E-state index in [0.29, 0.717) is 11.4 Å². The minimum Gasteiger partial charge on any atom is -0.399 e. The van der Waals surface area contributed by atoms with Crippen molar-refractivity contribution < 1.29 is 0 Å². The maximum absolute atomic E-state index is 5.88. The highest BCUT2D eigenvalue weighted by molar-refractivity contribution is 5.65. The molecular formula is C13H24N4. The van der Waals surface area contributed by atoms with Crippen LogP contribution >= 0.6 is 0 Å². The zero-order chi connectivity index (χ0) is 13.3. The van der Waals surface area contributed by atoms with Crippen molar-refractivity contribution in [2.24, 2.45) is 11.6 Å². The van der Waals surface area contributed by atoms with Crippen LogP contribution in [0.4, 0.5) is 5.69 Å². The third kappa shape index (κ3) is 5.82. The van der Waals surface area contributed by atoms with E-state index >= 15 is 0 Å². The number of nitrogens with two attached hydrogens (primary N) is 3. The maximum Gasteiger partial charge on any atom is 0.0565 e. The molecule has 1 aromatic rings. The molecule has 17 heavy (non-hydrogen) atoms. The molecule has 0 amide bonds. The van der Waals surface area contributed by atoms with E-state index in [1.165, 1.54) is 0 Å². The third-order valence-electron chi connectivity index (χ3n) is 2.01. The van der Waals surface area contributed by atoms with Crippen molar-refractivity contribution in [3.8, 4) is 0 Å². The Morgan fingerprint density at radius 2 is 2.00 bits per heavy atom. The number of nitrogen functional groups attached to an aromatic ring is 1. The molecule has 0 radical (unpaired) electrons. The van der Waals surface area contributed by atoms with Gasteiger partial charge in [-0.15, -0.1) is 0 Å². The van der Waals surface area contributed by atoms with Crippen LogP contribution in [0.2, 0.25) is 0 Å². The summed E-state index contributed by atoms with van der Waals surface area (Å²) >= 11 is 0. The number of benzene rings is 1. The van der Waals surface area contributed by atoms with E-state index in [-0.39, 0.29) is 0 Å². The summed E-state index contributed by atoms with van der Waals surface area (Å²) in [6.07, 6.45) is 2.70. The molecule has 6 N–H and O–H groups in total. The van der Waals surface area contributed by atoms with Crippen LogP contribution in [-0.4, -0.2) is 11.6 Å². The van der Waals surface area contributed by atoms with Crippen molar-refractivity contribution in [2.45, 2.75) is 27.2 Å². The van der Waals surface area contributed by atoms with Gasteiger partial charge in [-0.1, -0.05) is 32.9 Å². The molecular weight excluding hydrogens is 212 g/mol. The first-order chi connectivity index (χ1) is 8.13. The fraction of sp³-hybridized carbons (Fsp3) is 0.385. The monoisotopic (exact) mass is 236 g/mol. The smallest absolute Gasteiger partial charge is 0.0565 e. The SMILES string of the molecule is CC.CCCN(N)/C=C(\N)c1cccc(N)c1. The van der Waals surface area contributed by atoms with Crippen LogP contribution in [0.5, 0.6) is 0 Å². The number of hydrogen-bond acceptors (Lipinski definition) is 4. The summed E-state index contributed by atoms with van der Waals surface area (Å²) in [7, 11) is 0. The van der Waals surface area contributed by atoms with E-state index in [2.05, 4.69) is 6.92 Å². The molecule has 4 nitrogen and oxygen atoms in total. The summed E-state index contributed by atoms with van der Waals surface area (Å²) in [5, 5.41) is 1.58. The number of nitrogens with zero attached hydrogens (tertiary/aromatic N) is 1. The number of hydrazine groups is 1. The van der Waals surface area contributed by atoms with Crippen LogP contribution in [0.3, 0.4) is 0 Å². The van der Waals surface area contributed by atoms with Gasteiger partial charge >= 0.3 is 0 Å². The number of anilines is 1. The van der Waals surface area contributed by atoms with Crippen LogP contribution in [0.1, 0.15) is 32.8 Å². The summed E-state index contributed by atoms with van der Waals surface area (Å²) in [6.45, 7) is 6.84. The fourth-order valence-corrected chi connectivity index (χ4v) is 1.29. The molecule has 1 rings (SSSR count). The van der Waals surface area contributed by atoms with Gasteiger partial charge in [0.25, 0.3) is 0 Å². The Morgan fingerprint density at radius 1 is 1.35 bits per heavy atom. The van der Waals surface area contributed by atoms with Gasteiger partial charge in [0.1, 0.15) is 0 Å². The van der Waals surface area contributed by atoms with Gasteiger partial charge in [-0.2, -0.15) is 0 Å². The van der Waals surface area contributed by atoms with Gasteiger partial charge in [-0.25, -0.2) is 5.84 Å². The van der Waals surface area contributed by atoms with Gasteiger partial charge in [0.15, 0.2) is 0 Å². The van der Waals surface area contributed by atoms with Crippen molar-refractivity contribution in [1.29, 1.82) is 0 Å². The molecule has 0 spiro atoms. The normalized spacial score (nSPS) is 10.5. The molecule has 96 valence electrons. The Balaban J connectivity index is 0.00000121. The van der Waals surface area contributed by atoms with Gasteiger partial charge in [0.05, 0.1) is 5.70 Å². The lowest BCUT2D eigenvalue weighted by Crippen LogP contribution is -2.26.